The maximum absolute atomic E-state index is 12.9. The zero-order valence-corrected chi connectivity index (χ0v) is 19.6. The first-order chi connectivity index (χ1) is 16.6. The molecule has 174 valence electrons. The Morgan fingerprint density at radius 2 is 1.82 bits per heavy atom. The van der Waals surface area contributed by atoms with Crippen molar-refractivity contribution in [1.29, 1.82) is 0 Å². The third-order valence-corrected chi connectivity index (χ3v) is 6.34. The summed E-state index contributed by atoms with van der Waals surface area (Å²) in [7, 11) is 1.64. The van der Waals surface area contributed by atoms with Gasteiger partial charge in [0.05, 0.1) is 24.8 Å². The van der Waals surface area contributed by atoms with Crippen molar-refractivity contribution in [2.24, 2.45) is 0 Å². The number of nitrogens with zero attached hydrogens (tertiary/aromatic N) is 3. The Bertz CT molecular complexity index is 1300. The normalized spacial score (nSPS) is 15.8. The van der Waals surface area contributed by atoms with E-state index in [2.05, 4.69) is 29.7 Å². The smallest absolute Gasteiger partial charge is 0.227 e. The molecule has 0 N–H and O–H groups in total. The highest BCUT2D eigenvalue weighted by Gasteiger charge is 2.34. The maximum Gasteiger partial charge on any atom is 0.227 e. The lowest BCUT2D eigenvalue weighted by molar-refractivity contribution is -0.117. The number of hydrogen-bond donors (Lipinski definition) is 0. The number of ether oxygens (including phenoxy) is 2. The molecule has 5 rings (SSSR count). The van der Waals surface area contributed by atoms with E-state index in [4.69, 9.17) is 14.5 Å². The molecular formula is C28H29N3O3. The van der Waals surface area contributed by atoms with Crippen LogP contribution in [0.4, 0.5) is 5.69 Å². The fraction of sp³-hybridized carbons (Fsp3) is 0.286. The molecule has 34 heavy (non-hydrogen) atoms. The van der Waals surface area contributed by atoms with Crippen molar-refractivity contribution in [3.8, 4) is 11.5 Å². The van der Waals surface area contributed by atoms with Crippen LogP contribution in [0.1, 0.15) is 30.1 Å². The Morgan fingerprint density at radius 1 is 1.00 bits per heavy atom. The highest BCUT2D eigenvalue weighted by Crippen LogP contribution is 2.34. The average Bonchev–Trinajstić information content (AvgIpc) is 3.42. The maximum atomic E-state index is 12.9. The van der Waals surface area contributed by atoms with Gasteiger partial charge in [0.15, 0.2) is 0 Å². The lowest BCUT2D eigenvalue weighted by Gasteiger charge is -2.18. The van der Waals surface area contributed by atoms with Gasteiger partial charge in [-0.05, 0) is 67.4 Å². The zero-order valence-electron chi connectivity index (χ0n) is 19.6. The van der Waals surface area contributed by atoms with Crippen molar-refractivity contribution in [2.75, 3.05) is 25.2 Å². The minimum atomic E-state index is 0.0414. The second-order valence-corrected chi connectivity index (χ2v) is 8.73. The summed E-state index contributed by atoms with van der Waals surface area (Å²) in [5.41, 5.74) is 4.14. The molecule has 1 unspecified atom stereocenters. The van der Waals surface area contributed by atoms with Crippen LogP contribution in [0.15, 0.2) is 72.8 Å². The molecule has 1 amide bonds. The molecule has 4 aromatic rings. The van der Waals surface area contributed by atoms with Crippen LogP contribution < -0.4 is 14.4 Å². The Labute approximate surface area is 199 Å². The molecule has 1 atom stereocenters. The molecule has 1 aliphatic rings. The molecule has 1 saturated heterocycles. The van der Waals surface area contributed by atoms with Gasteiger partial charge in [-0.3, -0.25) is 4.79 Å². The summed E-state index contributed by atoms with van der Waals surface area (Å²) >= 11 is 0. The van der Waals surface area contributed by atoms with E-state index in [1.54, 1.807) is 7.11 Å². The lowest BCUT2D eigenvalue weighted by Crippen LogP contribution is -2.24. The quantitative estimate of drug-likeness (QED) is 0.337. The third kappa shape index (κ3) is 4.49. The first-order valence-corrected chi connectivity index (χ1v) is 11.7. The van der Waals surface area contributed by atoms with Crippen LogP contribution in [0.5, 0.6) is 11.5 Å². The second kappa shape index (κ2) is 9.59. The number of fused-ring (bicyclic) bond motifs is 1. The SMILES string of the molecule is COc1ccc(N2CC(c3nc4ccccc4n3CCCOc3cccc(C)c3)CC2=O)cc1. The molecule has 1 aliphatic heterocycles. The van der Waals surface area contributed by atoms with Crippen molar-refractivity contribution in [1.82, 2.24) is 9.55 Å². The summed E-state index contributed by atoms with van der Waals surface area (Å²) in [6, 6.07) is 24.0. The van der Waals surface area contributed by atoms with E-state index in [-0.39, 0.29) is 11.8 Å². The number of aryl methyl sites for hydroxylation is 2. The number of carbonyl (C=O) groups is 1. The van der Waals surface area contributed by atoms with Gasteiger partial charge in [0, 0.05) is 31.1 Å². The number of aromatic nitrogens is 2. The number of carbonyl (C=O) groups excluding carboxylic acids is 1. The van der Waals surface area contributed by atoms with Crippen molar-refractivity contribution >= 4 is 22.6 Å². The van der Waals surface area contributed by atoms with E-state index in [0.717, 1.165) is 47.0 Å². The highest BCUT2D eigenvalue weighted by atomic mass is 16.5. The summed E-state index contributed by atoms with van der Waals surface area (Å²) in [6.45, 7) is 4.09. The fourth-order valence-electron chi connectivity index (χ4n) is 4.65. The largest absolute Gasteiger partial charge is 0.497 e. The molecule has 1 aromatic heterocycles. The highest BCUT2D eigenvalue weighted by molar-refractivity contribution is 5.96. The Hall–Kier alpha value is -3.80. The van der Waals surface area contributed by atoms with Crippen LogP contribution in [-0.2, 0) is 11.3 Å². The van der Waals surface area contributed by atoms with Crippen LogP contribution in [0.25, 0.3) is 11.0 Å². The van der Waals surface area contributed by atoms with Gasteiger partial charge in [0.25, 0.3) is 0 Å². The minimum Gasteiger partial charge on any atom is -0.497 e. The van der Waals surface area contributed by atoms with E-state index in [0.29, 0.717) is 19.6 Å². The first kappa shape index (κ1) is 22.0. The molecule has 0 radical (unpaired) electrons. The van der Waals surface area contributed by atoms with Crippen LogP contribution in [-0.4, -0.2) is 35.7 Å². The predicted molar refractivity (Wildman–Crippen MR) is 134 cm³/mol. The van der Waals surface area contributed by atoms with Crippen LogP contribution in [0.2, 0.25) is 0 Å². The Balaban J connectivity index is 1.33. The minimum absolute atomic E-state index is 0.0414. The number of para-hydroxylation sites is 2. The number of imidazole rings is 1. The Morgan fingerprint density at radius 3 is 2.62 bits per heavy atom. The van der Waals surface area contributed by atoms with Gasteiger partial charge in [-0.1, -0.05) is 24.3 Å². The number of hydrogen-bond acceptors (Lipinski definition) is 4. The number of amides is 1. The summed E-state index contributed by atoms with van der Waals surface area (Å²) in [5, 5.41) is 0. The van der Waals surface area contributed by atoms with Gasteiger partial charge in [0.2, 0.25) is 5.91 Å². The van der Waals surface area contributed by atoms with Gasteiger partial charge in [-0.25, -0.2) is 4.98 Å². The topological polar surface area (TPSA) is 56.6 Å². The molecule has 6 heteroatoms. The van der Waals surface area contributed by atoms with Crippen molar-refractivity contribution in [2.45, 2.75) is 32.2 Å². The zero-order chi connectivity index (χ0) is 23.5. The molecular weight excluding hydrogens is 426 g/mol. The third-order valence-electron chi connectivity index (χ3n) is 6.34. The summed E-state index contributed by atoms with van der Waals surface area (Å²) < 4.78 is 13.5. The first-order valence-electron chi connectivity index (χ1n) is 11.7. The lowest BCUT2D eigenvalue weighted by atomic mass is 10.1. The molecule has 6 nitrogen and oxygen atoms in total. The molecule has 0 spiro atoms. The van der Waals surface area contributed by atoms with Gasteiger partial charge in [-0.15, -0.1) is 0 Å². The van der Waals surface area contributed by atoms with E-state index >= 15 is 0 Å². The van der Waals surface area contributed by atoms with Gasteiger partial charge in [-0.2, -0.15) is 0 Å². The number of rotatable bonds is 8. The summed E-state index contributed by atoms with van der Waals surface area (Å²) in [4.78, 5) is 19.7. The van der Waals surface area contributed by atoms with Crippen molar-refractivity contribution in [3.05, 3.63) is 84.2 Å². The number of benzene rings is 3. The Kier molecular flexibility index (Phi) is 6.21. The summed E-state index contributed by atoms with van der Waals surface area (Å²) in [6.07, 6.45) is 1.30. The van der Waals surface area contributed by atoms with E-state index in [1.807, 2.05) is 59.5 Å². The predicted octanol–water partition coefficient (Wildman–Crippen LogP) is 5.34. The van der Waals surface area contributed by atoms with Crippen molar-refractivity contribution < 1.29 is 14.3 Å². The van der Waals surface area contributed by atoms with Crippen LogP contribution >= 0.6 is 0 Å². The van der Waals surface area contributed by atoms with E-state index in [9.17, 15) is 4.79 Å². The molecule has 1 fully saturated rings. The fourth-order valence-corrected chi connectivity index (χ4v) is 4.65. The standard InChI is InChI=1S/C28H29N3O3/c1-20-7-5-8-24(17-20)34-16-6-15-30-26-10-4-3-9-25(26)29-28(30)21-18-27(32)31(19-21)22-11-13-23(33-2)14-12-22/h3-5,7-14,17,21H,6,15-16,18-19H2,1-2H3. The average molecular weight is 456 g/mol. The van der Waals surface area contributed by atoms with Gasteiger partial charge < -0.3 is 18.9 Å². The summed E-state index contributed by atoms with van der Waals surface area (Å²) in [5.74, 6) is 2.81. The van der Waals surface area contributed by atoms with E-state index < -0.39 is 0 Å². The number of anilines is 1. The second-order valence-electron chi connectivity index (χ2n) is 8.73. The molecule has 0 aliphatic carbocycles. The molecule has 2 heterocycles. The molecule has 0 bridgehead atoms. The van der Waals surface area contributed by atoms with E-state index in [1.165, 1.54) is 5.56 Å². The van der Waals surface area contributed by atoms with Crippen LogP contribution in [0.3, 0.4) is 0 Å². The van der Waals surface area contributed by atoms with Gasteiger partial charge in [0.1, 0.15) is 17.3 Å². The van der Waals surface area contributed by atoms with Gasteiger partial charge >= 0.3 is 0 Å². The monoisotopic (exact) mass is 455 g/mol. The van der Waals surface area contributed by atoms with Crippen LogP contribution in [0, 0.1) is 6.92 Å². The molecule has 0 saturated carbocycles. The number of methoxy groups -OCH3 is 1. The molecule has 3 aromatic carbocycles. The van der Waals surface area contributed by atoms with Crippen molar-refractivity contribution in [3.63, 3.8) is 0 Å².